The van der Waals surface area contributed by atoms with Crippen molar-refractivity contribution in [2.24, 2.45) is 4.99 Å². The molecular formula is C35H47N2O6P. The van der Waals surface area contributed by atoms with E-state index in [1.54, 1.807) is 36.7 Å². The first-order valence-electron chi connectivity index (χ1n) is 16.1. The predicted octanol–water partition coefficient (Wildman–Crippen LogP) is 8.19. The molecule has 9 heteroatoms. The van der Waals surface area contributed by atoms with E-state index in [2.05, 4.69) is 22.6 Å². The van der Waals surface area contributed by atoms with Crippen LogP contribution in [0, 0.1) is 0 Å². The van der Waals surface area contributed by atoms with Gasteiger partial charge in [-0.1, -0.05) is 108 Å². The Kier molecular flexibility index (Phi) is 13.6. The van der Waals surface area contributed by atoms with Crippen LogP contribution in [0.15, 0.2) is 71.8 Å². The Bertz CT molecular complexity index is 1370. The number of phosphoric acid groups is 1. The average molecular weight is 623 g/mol. The van der Waals surface area contributed by atoms with Crippen LogP contribution < -0.4 is 23.4 Å². The van der Waals surface area contributed by atoms with E-state index in [1.807, 2.05) is 24.3 Å². The van der Waals surface area contributed by atoms with Crippen LogP contribution in [0.1, 0.15) is 89.5 Å². The summed E-state index contributed by atoms with van der Waals surface area (Å²) in [5.74, 6) is 0.834. The third kappa shape index (κ3) is 10.7. The molecule has 0 saturated heterocycles. The number of aliphatic imine (C=N–C) groups is 1. The summed E-state index contributed by atoms with van der Waals surface area (Å²) >= 11 is 0. The first-order chi connectivity index (χ1) is 21.5. The molecule has 0 N–H and O–H groups in total. The SMILES string of the molecule is CCCCCCCCCCCCCCOc1cccc(OP(=O)([O-])Oc2cccc(C[N+]3=CN=C4C=CC=CC43)c2)c1OC. The van der Waals surface area contributed by atoms with Crippen LogP contribution in [0.25, 0.3) is 0 Å². The monoisotopic (exact) mass is 622 g/mol. The first-order valence-corrected chi connectivity index (χ1v) is 17.6. The lowest BCUT2D eigenvalue weighted by Gasteiger charge is -2.25. The fraction of sp³-hybridized carbons (Fsp3) is 0.486. The molecule has 2 aromatic rings. The Morgan fingerprint density at radius 3 is 2.27 bits per heavy atom. The van der Waals surface area contributed by atoms with E-state index in [1.165, 1.54) is 77.4 Å². The van der Waals surface area contributed by atoms with E-state index < -0.39 is 7.82 Å². The van der Waals surface area contributed by atoms with Gasteiger partial charge in [0.2, 0.25) is 11.5 Å². The van der Waals surface area contributed by atoms with Gasteiger partial charge in [-0.15, -0.1) is 0 Å². The third-order valence-corrected chi connectivity index (χ3v) is 8.64. The van der Waals surface area contributed by atoms with Crippen LogP contribution in [0.5, 0.6) is 23.0 Å². The molecule has 0 radical (unpaired) electrons. The van der Waals surface area contributed by atoms with Gasteiger partial charge in [0.25, 0.3) is 6.34 Å². The minimum atomic E-state index is -4.79. The molecule has 0 saturated carbocycles. The highest BCUT2D eigenvalue weighted by Crippen LogP contribution is 2.46. The van der Waals surface area contributed by atoms with Crippen LogP contribution in [0.4, 0.5) is 0 Å². The highest BCUT2D eigenvalue weighted by Gasteiger charge is 2.29. The van der Waals surface area contributed by atoms with E-state index in [0.29, 0.717) is 18.9 Å². The van der Waals surface area contributed by atoms with E-state index >= 15 is 0 Å². The molecule has 4 rings (SSSR count). The Morgan fingerprint density at radius 2 is 1.55 bits per heavy atom. The number of rotatable bonds is 21. The zero-order chi connectivity index (χ0) is 31.0. The molecule has 238 valence electrons. The summed E-state index contributed by atoms with van der Waals surface area (Å²) in [6.45, 7) is 3.32. The molecule has 2 aromatic carbocycles. The van der Waals surface area contributed by atoms with E-state index in [4.69, 9.17) is 18.5 Å². The van der Waals surface area contributed by atoms with Crippen LogP contribution >= 0.6 is 7.82 Å². The summed E-state index contributed by atoms with van der Waals surface area (Å²) in [6.07, 6.45) is 25.0. The quantitative estimate of drug-likeness (QED) is 0.0792. The van der Waals surface area contributed by atoms with Gasteiger partial charge in [-0.3, -0.25) is 0 Å². The fourth-order valence-corrected chi connectivity index (χ4v) is 6.25. The summed E-state index contributed by atoms with van der Waals surface area (Å²) in [7, 11) is -3.33. The predicted molar refractivity (Wildman–Crippen MR) is 174 cm³/mol. The number of allylic oxidation sites excluding steroid dienone is 2. The first kappa shape index (κ1) is 33.5. The van der Waals surface area contributed by atoms with E-state index in [0.717, 1.165) is 24.1 Å². The molecule has 1 aliphatic heterocycles. The maximum absolute atomic E-state index is 12.9. The molecule has 0 fully saturated rings. The van der Waals surface area contributed by atoms with Crippen molar-refractivity contribution in [2.75, 3.05) is 13.7 Å². The van der Waals surface area contributed by atoms with E-state index in [9.17, 15) is 9.46 Å². The number of hydrogen-bond donors (Lipinski definition) is 0. The van der Waals surface area contributed by atoms with Crippen molar-refractivity contribution in [3.05, 3.63) is 72.3 Å². The molecule has 44 heavy (non-hydrogen) atoms. The molecule has 2 unspecified atom stereocenters. The Morgan fingerprint density at radius 1 is 0.864 bits per heavy atom. The van der Waals surface area contributed by atoms with Crippen LogP contribution in [0.3, 0.4) is 0 Å². The largest absolute Gasteiger partial charge is 0.736 e. The molecule has 1 aliphatic carbocycles. The minimum Gasteiger partial charge on any atom is -0.736 e. The number of para-hydroxylation sites is 1. The molecule has 2 aliphatic rings. The van der Waals surface area contributed by atoms with Gasteiger partial charge in [0.15, 0.2) is 17.5 Å². The summed E-state index contributed by atoms with van der Waals surface area (Å²) in [5, 5.41) is 0. The van der Waals surface area contributed by atoms with Crippen molar-refractivity contribution >= 4 is 19.9 Å². The summed E-state index contributed by atoms with van der Waals surface area (Å²) in [4.78, 5) is 17.4. The molecule has 1 heterocycles. The maximum atomic E-state index is 12.9. The van der Waals surface area contributed by atoms with Crippen molar-refractivity contribution in [3.63, 3.8) is 0 Å². The molecule has 0 bridgehead atoms. The number of fused-ring (bicyclic) bond motifs is 1. The second-order valence-electron chi connectivity index (χ2n) is 11.3. The van der Waals surface area contributed by atoms with Crippen molar-refractivity contribution in [1.82, 2.24) is 0 Å². The Hall–Kier alpha value is -3.35. The van der Waals surface area contributed by atoms with Gasteiger partial charge in [0.1, 0.15) is 12.3 Å². The number of ether oxygens (including phenoxy) is 2. The summed E-state index contributed by atoms with van der Waals surface area (Å²) in [5.41, 5.74) is 1.86. The van der Waals surface area contributed by atoms with Gasteiger partial charge in [-0.05, 0) is 53.4 Å². The zero-order valence-corrected chi connectivity index (χ0v) is 27.1. The standard InChI is InChI=1S/C35H47N2O6P/c1-3-4-5-6-7-8-9-10-11-12-13-16-25-41-33-23-18-24-34(35(33)40-2)43-44(38,39)42-30-20-17-19-29(26-30)27-37-28-36-31-21-14-15-22-32(31)37/h14-15,17-24,26,28,32H,3-13,16,25,27H2,1-2H3. The number of benzene rings is 2. The lowest BCUT2D eigenvalue weighted by Crippen LogP contribution is -2.28. The Balaban J connectivity index is 1.21. The number of methoxy groups -OCH3 is 1. The molecule has 0 spiro atoms. The van der Waals surface area contributed by atoms with Gasteiger partial charge in [-0.2, -0.15) is 0 Å². The van der Waals surface area contributed by atoms with Gasteiger partial charge >= 0.3 is 7.82 Å². The van der Waals surface area contributed by atoms with Gasteiger partial charge < -0.3 is 23.4 Å². The lowest BCUT2D eigenvalue weighted by atomic mass is 10.1. The molecule has 8 nitrogen and oxygen atoms in total. The van der Waals surface area contributed by atoms with Gasteiger partial charge in [0, 0.05) is 0 Å². The minimum absolute atomic E-state index is 0.0164. The van der Waals surface area contributed by atoms with E-state index in [-0.39, 0.29) is 23.3 Å². The van der Waals surface area contributed by atoms with Crippen molar-refractivity contribution in [1.29, 1.82) is 0 Å². The second-order valence-corrected chi connectivity index (χ2v) is 12.6. The average Bonchev–Trinajstić information content (AvgIpc) is 3.42. The summed E-state index contributed by atoms with van der Waals surface area (Å²) < 4.78 is 37.1. The highest BCUT2D eigenvalue weighted by molar-refractivity contribution is 7.46. The molecule has 0 aromatic heterocycles. The fourth-order valence-electron chi connectivity index (χ4n) is 5.46. The third-order valence-electron chi connectivity index (χ3n) is 7.78. The smallest absolute Gasteiger partial charge is 0.372 e. The van der Waals surface area contributed by atoms with Crippen LogP contribution in [-0.4, -0.2) is 36.4 Å². The molecular weight excluding hydrogens is 575 g/mol. The lowest BCUT2D eigenvalue weighted by molar-refractivity contribution is -0.546. The normalized spacial score (nSPS) is 16.6. The number of phosphoric ester groups is 1. The van der Waals surface area contributed by atoms with Gasteiger partial charge in [0.05, 0.1) is 13.7 Å². The number of hydrogen-bond acceptors (Lipinski definition) is 7. The van der Waals surface area contributed by atoms with Crippen molar-refractivity contribution < 1.29 is 32.6 Å². The van der Waals surface area contributed by atoms with Gasteiger partial charge in [-0.25, -0.2) is 9.14 Å². The zero-order valence-electron chi connectivity index (χ0n) is 26.2. The number of unbranched alkanes of at least 4 members (excludes halogenated alkanes) is 11. The molecule has 2 atom stereocenters. The van der Waals surface area contributed by atoms with Crippen molar-refractivity contribution in [3.8, 4) is 23.0 Å². The van der Waals surface area contributed by atoms with Crippen LogP contribution in [-0.2, 0) is 11.1 Å². The Labute approximate surface area is 262 Å². The molecule has 0 amide bonds. The highest BCUT2D eigenvalue weighted by atomic mass is 31.2. The number of nitrogens with zero attached hydrogens (tertiary/aromatic N) is 2. The van der Waals surface area contributed by atoms with Crippen molar-refractivity contribution in [2.45, 2.75) is 96.6 Å². The van der Waals surface area contributed by atoms with Crippen LogP contribution in [0.2, 0.25) is 0 Å². The summed E-state index contributed by atoms with van der Waals surface area (Å²) in [6, 6.07) is 12.0. The maximum Gasteiger partial charge on any atom is 0.372 e. The topological polar surface area (TPSA) is 92.4 Å². The second kappa shape index (κ2) is 17.8.